The molecule has 2 aromatic carbocycles. The largest absolute Gasteiger partial charge is 0.393 e. The summed E-state index contributed by atoms with van der Waals surface area (Å²) in [5.41, 5.74) is 2.41. The lowest BCUT2D eigenvalue weighted by molar-refractivity contribution is -0.269. The molecular weight excluding hydrogens is 384 g/mol. The molecular formula is C23H28N2O3S. The molecule has 2 N–H and O–H groups in total. The van der Waals surface area contributed by atoms with Crippen molar-refractivity contribution in [1.29, 1.82) is 0 Å². The number of amidine groups is 1. The number of rotatable bonds is 5. The van der Waals surface area contributed by atoms with Crippen LogP contribution in [-0.4, -0.2) is 41.1 Å². The highest BCUT2D eigenvalue weighted by atomic mass is 32.2. The van der Waals surface area contributed by atoms with Crippen molar-refractivity contribution in [2.45, 2.75) is 49.8 Å². The van der Waals surface area contributed by atoms with Crippen LogP contribution in [0, 0.1) is 0 Å². The Morgan fingerprint density at radius 2 is 1.79 bits per heavy atom. The molecule has 0 bridgehead atoms. The number of methoxy groups -OCH3 is 1. The van der Waals surface area contributed by atoms with Crippen LogP contribution < -0.4 is 5.32 Å². The third kappa shape index (κ3) is 4.83. The summed E-state index contributed by atoms with van der Waals surface area (Å²) in [5, 5.41) is 14.7. The van der Waals surface area contributed by atoms with Crippen LogP contribution >= 0.6 is 11.8 Å². The SMILES string of the molecule is CO[C@]1(C)C[C@H](O)C[C@@H](CSC2=NC(c3ccccc3)C(c3ccccc3)N2)O1. The average Bonchev–Trinajstić information content (AvgIpc) is 3.17. The smallest absolute Gasteiger partial charge is 0.168 e. The van der Waals surface area contributed by atoms with Gasteiger partial charge in [0.2, 0.25) is 0 Å². The standard InChI is InChI=1S/C23H28N2O3S/c1-23(27-2)14-18(26)13-19(28-23)15-29-22-24-20(16-9-5-3-6-10-16)21(25-22)17-11-7-4-8-12-17/h3-12,18-21,26H,13-15H2,1-2H3,(H,24,25)/t18-,19+,20?,21?,23+/m1/s1. The van der Waals surface area contributed by atoms with E-state index in [0.29, 0.717) is 18.6 Å². The molecule has 0 spiro atoms. The van der Waals surface area contributed by atoms with Crippen molar-refractivity contribution < 1.29 is 14.6 Å². The Kier molecular flexibility index (Phi) is 6.25. The number of nitrogens with one attached hydrogen (secondary N) is 1. The van der Waals surface area contributed by atoms with Gasteiger partial charge in [-0.3, -0.25) is 4.99 Å². The second kappa shape index (κ2) is 8.88. The highest BCUT2D eigenvalue weighted by molar-refractivity contribution is 8.13. The third-order valence-corrected chi connectivity index (χ3v) is 6.58. The van der Waals surface area contributed by atoms with Gasteiger partial charge in [-0.2, -0.15) is 0 Å². The van der Waals surface area contributed by atoms with Gasteiger partial charge in [-0.1, -0.05) is 72.4 Å². The Morgan fingerprint density at radius 1 is 1.14 bits per heavy atom. The Balaban J connectivity index is 1.48. The Hall–Kier alpha value is -1.86. The van der Waals surface area contributed by atoms with Gasteiger partial charge in [-0.05, 0) is 18.1 Å². The van der Waals surface area contributed by atoms with E-state index >= 15 is 0 Å². The molecule has 154 valence electrons. The number of hydrogen-bond acceptors (Lipinski definition) is 6. The van der Waals surface area contributed by atoms with E-state index in [2.05, 4.69) is 53.8 Å². The zero-order chi connectivity index (χ0) is 20.3. The molecule has 2 unspecified atom stereocenters. The van der Waals surface area contributed by atoms with Gasteiger partial charge < -0.3 is 19.9 Å². The number of aliphatic hydroxyl groups is 1. The van der Waals surface area contributed by atoms with Gasteiger partial charge in [0.25, 0.3) is 0 Å². The summed E-state index contributed by atoms with van der Waals surface area (Å²) in [6.45, 7) is 1.88. The van der Waals surface area contributed by atoms with Gasteiger partial charge in [0.15, 0.2) is 11.0 Å². The molecule has 2 aliphatic rings. The molecule has 4 rings (SSSR count). The van der Waals surface area contributed by atoms with E-state index in [0.717, 1.165) is 5.17 Å². The van der Waals surface area contributed by atoms with Crippen LogP contribution in [0.5, 0.6) is 0 Å². The molecule has 5 atom stereocenters. The lowest BCUT2D eigenvalue weighted by atomic mass is 9.95. The first kappa shape index (κ1) is 20.4. The zero-order valence-electron chi connectivity index (χ0n) is 16.8. The molecule has 0 saturated carbocycles. The van der Waals surface area contributed by atoms with Crippen LogP contribution in [0.2, 0.25) is 0 Å². The molecule has 1 fully saturated rings. The van der Waals surface area contributed by atoms with E-state index in [1.54, 1.807) is 18.9 Å². The highest BCUT2D eigenvalue weighted by Crippen LogP contribution is 2.38. The van der Waals surface area contributed by atoms with E-state index in [9.17, 15) is 5.11 Å². The minimum Gasteiger partial charge on any atom is -0.393 e. The fraction of sp³-hybridized carbons (Fsp3) is 0.435. The molecule has 0 aromatic heterocycles. The van der Waals surface area contributed by atoms with E-state index in [4.69, 9.17) is 14.5 Å². The first-order chi connectivity index (χ1) is 14.1. The zero-order valence-corrected chi connectivity index (χ0v) is 17.6. The fourth-order valence-corrected chi connectivity index (χ4v) is 4.99. The van der Waals surface area contributed by atoms with Crippen LogP contribution in [-0.2, 0) is 9.47 Å². The summed E-state index contributed by atoms with van der Waals surface area (Å²) in [6.07, 6.45) is 0.621. The number of benzene rings is 2. The van der Waals surface area contributed by atoms with E-state index in [1.807, 2.05) is 19.1 Å². The Morgan fingerprint density at radius 3 is 2.45 bits per heavy atom. The maximum absolute atomic E-state index is 10.2. The van der Waals surface area contributed by atoms with Gasteiger partial charge in [0.05, 0.1) is 18.2 Å². The summed E-state index contributed by atoms with van der Waals surface area (Å²) in [7, 11) is 1.62. The number of aliphatic imine (C=N–C) groups is 1. The number of nitrogens with zero attached hydrogens (tertiary/aromatic N) is 1. The van der Waals surface area contributed by atoms with Gasteiger partial charge in [-0.15, -0.1) is 0 Å². The highest BCUT2D eigenvalue weighted by Gasteiger charge is 2.38. The second-order valence-corrected chi connectivity index (χ2v) is 8.81. The number of ether oxygens (including phenoxy) is 2. The summed E-state index contributed by atoms with van der Waals surface area (Å²) < 4.78 is 11.6. The average molecular weight is 413 g/mol. The van der Waals surface area contributed by atoms with Gasteiger partial charge >= 0.3 is 0 Å². The second-order valence-electron chi connectivity index (χ2n) is 7.80. The normalized spacial score (nSPS) is 31.9. The van der Waals surface area contributed by atoms with E-state index in [-0.39, 0.29) is 18.2 Å². The summed E-state index contributed by atoms with van der Waals surface area (Å²) >= 11 is 1.65. The van der Waals surface area contributed by atoms with Crippen LogP contribution in [0.15, 0.2) is 65.7 Å². The maximum Gasteiger partial charge on any atom is 0.168 e. The molecule has 0 aliphatic carbocycles. The minimum atomic E-state index is -0.729. The molecule has 2 aliphatic heterocycles. The summed E-state index contributed by atoms with van der Waals surface area (Å²) in [4.78, 5) is 5.00. The minimum absolute atomic E-state index is 0.0307. The third-order valence-electron chi connectivity index (χ3n) is 5.55. The van der Waals surface area contributed by atoms with Crippen LogP contribution in [0.25, 0.3) is 0 Å². The number of aliphatic hydroxyl groups excluding tert-OH is 1. The summed E-state index contributed by atoms with van der Waals surface area (Å²) in [6, 6.07) is 21.0. The molecule has 2 aromatic rings. The van der Waals surface area contributed by atoms with Crippen molar-refractivity contribution in [3.63, 3.8) is 0 Å². The number of thioether (sulfide) groups is 1. The van der Waals surface area contributed by atoms with Gasteiger partial charge in [0, 0.05) is 25.7 Å². The molecule has 0 amide bonds. The monoisotopic (exact) mass is 412 g/mol. The van der Waals surface area contributed by atoms with Gasteiger partial charge in [-0.25, -0.2) is 0 Å². The van der Waals surface area contributed by atoms with Crippen molar-refractivity contribution >= 4 is 16.9 Å². The van der Waals surface area contributed by atoms with Crippen molar-refractivity contribution in [2.24, 2.45) is 4.99 Å². The molecule has 0 radical (unpaired) electrons. The molecule has 1 saturated heterocycles. The van der Waals surface area contributed by atoms with Crippen molar-refractivity contribution in [3.8, 4) is 0 Å². The predicted molar refractivity (Wildman–Crippen MR) is 117 cm³/mol. The molecule has 29 heavy (non-hydrogen) atoms. The fourth-order valence-electron chi connectivity index (χ4n) is 4.04. The van der Waals surface area contributed by atoms with Crippen LogP contribution in [0.3, 0.4) is 0 Å². The van der Waals surface area contributed by atoms with Gasteiger partial charge in [0.1, 0.15) is 6.04 Å². The topological polar surface area (TPSA) is 63.1 Å². The molecule has 5 nitrogen and oxygen atoms in total. The van der Waals surface area contributed by atoms with E-state index < -0.39 is 11.9 Å². The van der Waals surface area contributed by atoms with Crippen LogP contribution in [0.1, 0.15) is 43.0 Å². The first-order valence-electron chi connectivity index (χ1n) is 10.0. The Labute approximate surface area is 176 Å². The predicted octanol–water partition coefficient (Wildman–Crippen LogP) is 4.06. The molecule has 2 heterocycles. The maximum atomic E-state index is 10.2. The van der Waals surface area contributed by atoms with Crippen LogP contribution in [0.4, 0.5) is 0 Å². The van der Waals surface area contributed by atoms with Crippen molar-refractivity contribution in [1.82, 2.24) is 5.32 Å². The summed E-state index contributed by atoms with van der Waals surface area (Å²) in [5.74, 6) is -0.0161. The molecule has 6 heteroatoms. The van der Waals surface area contributed by atoms with Crippen molar-refractivity contribution in [3.05, 3.63) is 71.8 Å². The number of hydrogen-bond donors (Lipinski definition) is 2. The van der Waals surface area contributed by atoms with E-state index in [1.165, 1.54) is 11.1 Å². The lowest BCUT2D eigenvalue weighted by Crippen LogP contribution is -2.46. The quantitative estimate of drug-likeness (QED) is 0.775. The van der Waals surface area contributed by atoms with Crippen molar-refractivity contribution in [2.75, 3.05) is 12.9 Å². The Bertz CT molecular complexity index is 833. The lowest BCUT2D eigenvalue weighted by Gasteiger charge is -2.39. The first-order valence-corrected chi connectivity index (χ1v) is 11.0.